The zero-order chi connectivity index (χ0) is 25.2. The normalized spacial score (nSPS) is 13.3. The van der Waals surface area contributed by atoms with Gasteiger partial charge in [0.15, 0.2) is 11.7 Å². The Hall–Kier alpha value is -4.06. The monoisotopic (exact) mass is 499 g/mol. The number of hydrogen-bond donors (Lipinski definition) is 4. The van der Waals surface area contributed by atoms with Crippen molar-refractivity contribution in [1.29, 1.82) is 0 Å². The first-order chi connectivity index (χ1) is 16.8. The van der Waals surface area contributed by atoms with Gasteiger partial charge in [-0.3, -0.25) is 40.7 Å². The number of benzene rings is 2. The van der Waals surface area contributed by atoms with Crippen LogP contribution in [0.5, 0.6) is 5.75 Å². The maximum atomic E-state index is 12.3. The van der Waals surface area contributed by atoms with E-state index in [9.17, 15) is 24.5 Å². The average molecular weight is 500 g/mol. The summed E-state index contributed by atoms with van der Waals surface area (Å²) in [6, 6.07) is 11.7. The van der Waals surface area contributed by atoms with Crippen LogP contribution in [-0.4, -0.2) is 34.4 Å². The quantitative estimate of drug-likeness (QED) is 0.258. The fourth-order valence-electron chi connectivity index (χ4n) is 3.51. The molecular weight excluding hydrogens is 474 g/mol. The van der Waals surface area contributed by atoms with Gasteiger partial charge in [0.05, 0.1) is 4.92 Å². The van der Waals surface area contributed by atoms with Crippen LogP contribution in [0.3, 0.4) is 0 Å². The van der Waals surface area contributed by atoms with Crippen molar-refractivity contribution in [2.24, 2.45) is 5.92 Å². The Morgan fingerprint density at radius 2 is 1.63 bits per heavy atom. The molecular formula is C23H25N5O6S. The summed E-state index contributed by atoms with van der Waals surface area (Å²) >= 11 is 4.97. The van der Waals surface area contributed by atoms with Crippen LogP contribution in [-0.2, 0) is 9.59 Å². The molecule has 2 aromatic rings. The molecule has 1 saturated carbocycles. The largest absolute Gasteiger partial charge is 0.484 e. The lowest BCUT2D eigenvalue weighted by molar-refractivity contribution is -0.384. The number of nitrogens with one attached hydrogen (secondary N) is 4. The molecule has 0 bridgehead atoms. The first-order valence-electron chi connectivity index (χ1n) is 11.0. The third-order valence-corrected chi connectivity index (χ3v) is 5.55. The van der Waals surface area contributed by atoms with Crippen molar-refractivity contribution in [2.75, 3.05) is 11.9 Å². The summed E-state index contributed by atoms with van der Waals surface area (Å²) < 4.78 is 5.24. The van der Waals surface area contributed by atoms with E-state index < -0.39 is 16.7 Å². The zero-order valence-corrected chi connectivity index (χ0v) is 19.6. The van der Waals surface area contributed by atoms with Crippen molar-refractivity contribution in [2.45, 2.75) is 32.1 Å². The molecule has 0 atom stereocenters. The summed E-state index contributed by atoms with van der Waals surface area (Å²) in [4.78, 5) is 46.7. The van der Waals surface area contributed by atoms with Gasteiger partial charge in [0, 0.05) is 29.3 Å². The molecule has 0 heterocycles. The van der Waals surface area contributed by atoms with Gasteiger partial charge in [0.1, 0.15) is 5.75 Å². The molecule has 184 valence electrons. The third kappa shape index (κ3) is 8.03. The molecule has 1 fully saturated rings. The van der Waals surface area contributed by atoms with E-state index in [0.29, 0.717) is 11.3 Å². The molecule has 0 unspecified atom stereocenters. The van der Waals surface area contributed by atoms with Crippen LogP contribution >= 0.6 is 12.2 Å². The standard InChI is InChI=1S/C23H25N5O6S/c29-20(14-34-19-12-10-18(11-13-19)28(32)33)25-23(35)27-26-22(31)16-6-8-17(9-7-16)24-21(30)15-4-2-1-3-5-15/h6-13,15H,1-5,14H2,(H,24,30)(H,26,31)(H2,25,27,29,35). The predicted molar refractivity (Wildman–Crippen MR) is 132 cm³/mol. The molecule has 0 aromatic heterocycles. The number of carbonyl (C=O) groups is 3. The molecule has 3 amide bonds. The van der Waals surface area contributed by atoms with Crippen molar-refractivity contribution in [3.63, 3.8) is 0 Å². The van der Waals surface area contributed by atoms with Gasteiger partial charge < -0.3 is 10.1 Å². The van der Waals surface area contributed by atoms with E-state index in [4.69, 9.17) is 17.0 Å². The van der Waals surface area contributed by atoms with Crippen molar-refractivity contribution in [1.82, 2.24) is 16.2 Å². The van der Waals surface area contributed by atoms with E-state index in [1.807, 2.05) is 0 Å². The number of non-ortho nitro benzene ring substituents is 1. The number of nitro benzene ring substituents is 1. The summed E-state index contributed by atoms with van der Waals surface area (Å²) in [5.41, 5.74) is 5.63. The highest BCUT2D eigenvalue weighted by molar-refractivity contribution is 7.80. The number of nitrogens with zero attached hydrogens (tertiary/aromatic N) is 1. The zero-order valence-electron chi connectivity index (χ0n) is 18.7. The number of nitro groups is 1. The number of thiocarbonyl (C=S) groups is 1. The van der Waals surface area contributed by atoms with Gasteiger partial charge in [-0.15, -0.1) is 0 Å². The van der Waals surface area contributed by atoms with E-state index in [-0.39, 0.29) is 35.0 Å². The summed E-state index contributed by atoms with van der Waals surface area (Å²) in [5.74, 6) is -0.771. The smallest absolute Gasteiger partial charge is 0.269 e. The van der Waals surface area contributed by atoms with Gasteiger partial charge >= 0.3 is 0 Å². The molecule has 3 rings (SSSR count). The highest BCUT2D eigenvalue weighted by atomic mass is 32.1. The van der Waals surface area contributed by atoms with E-state index in [2.05, 4.69) is 21.5 Å². The van der Waals surface area contributed by atoms with Gasteiger partial charge in [-0.1, -0.05) is 19.3 Å². The van der Waals surface area contributed by atoms with Gasteiger partial charge in [-0.05, 0) is 61.5 Å². The van der Waals surface area contributed by atoms with Crippen molar-refractivity contribution in [3.8, 4) is 5.75 Å². The SMILES string of the molecule is O=C(COc1ccc([N+](=O)[O-])cc1)NC(=S)NNC(=O)c1ccc(NC(=O)C2CCCCC2)cc1. The van der Waals surface area contributed by atoms with Crippen LogP contribution in [0, 0.1) is 16.0 Å². The van der Waals surface area contributed by atoms with Crippen LogP contribution in [0.25, 0.3) is 0 Å². The van der Waals surface area contributed by atoms with Crippen LogP contribution < -0.4 is 26.2 Å². The predicted octanol–water partition coefficient (Wildman–Crippen LogP) is 2.83. The first-order valence-corrected chi connectivity index (χ1v) is 11.4. The van der Waals surface area contributed by atoms with Gasteiger partial charge in [0.2, 0.25) is 5.91 Å². The summed E-state index contributed by atoms with van der Waals surface area (Å²) in [7, 11) is 0. The Morgan fingerprint density at radius 1 is 0.971 bits per heavy atom. The van der Waals surface area contributed by atoms with Gasteiger partial charge in [-0.25, -0.2) is 0 Å². The Kier molecular flexibility index (Phi) is 9.07. The van der Waals surface area contributed by atoms with E-state index in [0.717, 1.165) is 25.7 Å². The lowest BCUT2D eigenvalue weighted by Crippen LogP contribution is -2.49. The fourth-order valence-corrected chi connectivity index (χ4v) is 3.67. The molecule has 4 N–H and O–H groups in total. The second kappa shape index (κ2) is 12.4. The topological polar surface area (TPSA) is 152 Å². The molecule has 0 saturated heterocycles. The minimum Gasteiger partial charge on any atom is -0.484 e. The molecule has 1 aliphatic carbocycles. The van der Waals surface area contributed by atoms with Crippen molar-refractivity contribution >= 4 is 46.4 Å². The van der Waals surface area contributed by atoms with E-state index in [1.54, 1.807) is 24.3 Å². The average Bonchev–Trinajstić information content (AvgIpc) is 2.87. The number of rotatable bonds is 7. The van der Waals surface area contributed by atoms with E-state index >= 15 is 0 Å². The number of amides is 3. The second-order valence-electron chi connectivity index (χ2n) is 7.90. The molecule has 0 aliphatic heterocycles. The molecule has 0 spiro atoms. The summed E-state index contributed by atoms with van der Waals surface area (Å²) in [6.45, 7) is -0.387. The number of ether oxygens (including phenoxy) is 1. The lowest BCUT2D eigenvalue weighted by Gasteiger charge is -2.20. The number of hydrazine groups is 1. The number of carbonyl (C=O) groups excluding carboxylic acids is 3. The number of hydrogen-bond acceptors (Lipinski definition) is 7. The van der Waals surface area contributed by atoms with Gasteiger partial charge in [0.25, 0.3) is 17.5 Å². The molecule has 2 aromatic carbocycles. The minimum absolute atomic E-state index is 0.00205. The molecule has 1 aliphatic rings. The molecule has 11 nitrogen and oxygen atoms in total. The maximum Gasteiger partial charge on any atom is 0.269 e. The molecule has 12 heteroatoms. The number of anilines is 1. The van der Waals surface area contributed by atoms with E-state index in [1.165, 1.54) is 30.7 Å². The third-order valence-electron chi connectivity index (χ3n) is 5.35. The summed E-state index contributed by atoms with van der Waals surface area (Å²) in [5, 5.41) is 15.7. The van der Waals surface area contributed by atoms with Crippen LogP contribution in [0.2, 0.25) is 0 Å². The van der Waals surface area contributed by atoms with Crippen LogP contribution in [0.4, 0.5) is 11.4 Å². The maximum absolute atomic E-state index is 12.3. The van der Waals surface area contributed by atoms with Crippen LogP contribution in [0.1, 0.15) is 42.5 Å². The second-order valence-corrected chi connectivity index (χ2v) is 8.31. The van der Waals surface area contributed by atoms with Gasteiger partial charge in [-0.2, -0.15) is 0 Å². The first kappa shape index (κ1) is 25.6. The highest BCUT2D eigenvalue weighted by Gasteiger charge is 2.21. The Morgan fingerprint density at radius 3 is 2.26 bits per heavy atom. The fraction of sp³-hybridized carbons (Fsp3) is 0.304. The molecule has 0 radical (unpaired) electrons. The lowest BCUT2D eigenvalue weighted by atomic mass is 9.88. The van der Waals surface area contributed by atoms with Crippen molar-refractivity contribution < 1.29 is 24.0 Å². The highest BCUT2D eigenvalue weighted by Crippen LogP contribution is 2.25. The minimum atomic E-state index is -0.590. The Bertz CT molecular complexity index is 1080. The molecule has 35 heavy (non-hydrogen) atoms. The van der Waals surface area contributed by atoms with Crippen LogP contribution in [0.15, 0.2) is 48.5 Å². The Labute approximate surface area is 206 Å². The Balaban J connectivity index is 1.38. The van der Waals surface area contributed by atoms with Crippen molar-refractivity contribution in [3.05, 3.63) is 64.2 Å². The summed E-state index contributed by atoms with van der Waals surface area (Å²) in [6.07, 6.45) is 5.11.